The number of fused-ring (bicyclic) bond motifs is 9. The summed E-state index contributed by atoms with van der Waals surface area (Å²) in [6.07, 6.45) is 18.9. The second-order valence-electron chi connectivity index (χ2n) is 17.4. The lowest BCUT2D eigenvalue weighted by atomic mass is 9.49. The van der Waals surface area contributed by atoms with Crippen LogP contribution in [0.25, 0.3) is 22.3 Å². The Morgan fingerprint density at radius 3 is 1.49 bits per heavy atom. The number of nitrogens with zero attached hydrogens (tertiary/aromatic N) is 1. The van der Waals surface area contributed by atoms with E-state index in [1.54, 1.807) is 0 Å². The maximum absolute atomic E-state index is 2.55. The van der Waals surface area contributed by atoms with Crippen LogP contribution in [0.2, 0.25) is 0 Å². The lowest BCUT2D eigenvalue weighted by Crippen LogP contribution is -2.47. The second-order valence-corrected chi connectivity index (χ2v) is 17.4. The molecular formula is C62H47N. The normalized spacial score (nSPS) is 21.2. The number of hydrogen-bond donors (Lipinski definition) is 0. The topological polar surface area (TPSA) is 3.24 Å². The summed E-state index contributed by atoms with van der Waals surface area (Å²) >= 11 is 0. The van der Waals surface area contributed by atoms with E-state index in [9.17, 15) is 0 Å². The third kappa shape index (κ3) is 5.69. The average Bonchev–Trinajstić information content (AvgIpc) is 3.66. The van der Waals surface area contributed by atoms with Crippen molar-refractivity contribution in [3.8, 4) is 22.3 Å². The maximum atomic E-state index is 2.55. The van der Waals surface area contributed by atoms with Crippen molar-refractivity contribution in [1.29, 1.82) is 0 Å². The highest BCUT2D eigenvalue weighted by Gasteiger charge is 2.60. The summed E-state index contributed by atoms with van der Waals surface area (Å²) in [4.78, 5) is 2.31. The smallest absolute Gasteiger partial charge is 0.0704 e. The first-order valence-electron chi connectivity index (χ1n) is 22.5. The van der Waals surface area contributed by atoms with Crippen LogP contribution >= 0.6 is 0 Å². The molecule has 0 aromatic heterocycles. The molecule has 0 aliphatic heterocycles. The van der Waals surface area contributed by atoms with Crippen molar-refractivity contribution in [1.82, 2.24) is 0 Å². The molecule has 0 bridgehead atoms. The summed E-state index contributed by atoms with van der Waals surface area (Å²) in [5.74, 6) is 0.494. The van der Waals surface area contributed by atoms with E-state index in [0.717, 1.165) is 29.9 Å². The van der Waals surface area contributed by atoms with Gasteiger partial charge >= 0.3 is 0 Å². The quantitative estimate of drug-likeness (QED) is 0.155. The molecule has 1 spiro atoms. The molecule has 8 aromatic carbocycles. The summed E-state index contributed by atoms with van der Waals surface area (Å²) in [7, 11) is 0. The Balaban J connectivity index is 0.978. The first-order chi connectivity index (χ1) is 31.3. The third-order valence-electron chi connectivity index (χ3n) is 14.3. The van der Waals surface area contributed by atoms with Gasteiger partial charge in [0, 0.05) is 28.9 Å². The van der Waals surface area contributed by atoms with Gasteiger partial charge in [-0.1, -0.05) is 206 Å². The molecule has 0 fully saturated rings. The maximum Gasteiger partial charge on any atom is 0.0704 e. The minimum Gasteiger partial charge on any atom is -0.311 e. The molecule has 4 aliphatic rings. The predicted octanol–water partition coefficient (Wildman–Crippen LogP) is 15.6. The molecule has 1 nitrogen and oxygen atoms in total. The third-order valence-corrected chi connectivity index (χ3v) is 14.3. The lowest BCUT2D eigenvalue weighted by Gasteiger charge is -2.52. The number of benzene rings is 8. The fourth-order valence-electron chi connectivity index (χ4n) is 11.7. The van der Waals surface area contributed by atoms with E-state index in [1.165, 1.54) is 66.8 Å². The molecule has 2 unspecified atom stereocenters. The summed E-state index contributed by atoms with van der Waals surface area (Å²) < 4.78 is 0. The first kappa shape index (κ1) is 37.3. The molecule has 0 heterocycles. The number of hydrogen-bond acceptors (Lipinski definition) is 1. The number of anilines is 3. The van der Waals surface area contributed by atoms with Crippen LogP contribution in [-0.4, -0.2) is 0 Å². The Kier molecular flexibility index (Phi) is 8.97. The molecule has 8 aromatic rings. The molecule has 4 aliphatic carbocycles. The summed E-state index contributed by atoms with van der Waals surface area (Å²) in [6, 6.07) is 76.9. The van der Waals surface area contributed by atoms with Crippen LogP contribution in [0.3, 0.4) is 0 Å². The highest BCUT2D eigenvalue weighted by molar-refractivity contribution is 5.81. The highest BCUT2D eigenvalue weighted by atomic mass is 15.1. The van der Waals surface area contributed by atoms with Crippen molar-refractivity contribution in [3.63, 3.8) is 0 Å². The minimum atomic E-state index is -0.448. The second kappa shape index (κ2) is 15.2. The van der Waals surface area contributed by atoms with Crippen LogP contribution in [0.5, 0.6) is 0 Å². The van der Waals surface area contributed by atoms with Gasteiger partial charge in [-0.15, -0.1) is 0 Å². The van der Waals surface area contributed by atoms with E-state index < -0.39 is 10.8 Å². The molecule has 1 heteroatoms. The zero-order valence-electron chi connectivity index (χ0n) is 35.2. The molecule has 300 valence electrons. The van der Waals surface area contributed by atoms with E-state index in [0.29, 0.717) is 0 Å². The zero-order chi connectivity index (χ0) is 41.8. The molecule has 2 atom stereocenters. The van der Waals surface area contributed by atoms with Crippen LogP contribution < -0.4 is 4.90 Å². The van der Waals surface area contributed by atoms with E-state index in [1.807, 2.05) is 0 Å². The number of allylic oxidation sites excluding steroid dienone is 8. The fourth-order valence-corrected chi connectivity index (χ4v) is 11.7. The fraction of sp³-hybridized carbons (Fsp3) is 0.0968. The van der Waals surface area contributed by atoms with Crippen LogP contribution in [-0.2, 0) is 10.8 Å². The van der Waals surface area contributed by atoms with Crippen molar-refractivity contribution in [2.45, 2.75) is 29.6 Å². The molecule has 0 N–H and O–H groups in total. The monoisotopic (exact) mass is 805 g/mol. The number of rotatable bonds is 7. The Morgan fingerprint density at radius 2 is 0.905 bits per heavy atom. The van der Waals surface area contributed by atoms with Crippen molar-refractivity contribution in [2.24, 2.45) is 5.92 Å². The largest absolute Gasteiger partial charge is 0.311 e. The highest BCUT2D eigenvalue weighted by Crippen LogP contribution is 2.67. The van der Waals surface area contributed by atoms with Gasteiger partial charge in [-0.05, 0) is 122 Å². The van der Waals surface area contributed by atoms with Crippen LogP contribution in [0.15, 0.2) is 254 Å². The molecule has 0 radical (unpaired) electrons. The molecule has 63 heavy (non-hydrogen) atoms. The Hall–Kier alpha value is -7.48. The van der Waals surface area contributed by atoms with Crippen LogP contribution in [0, 0.1) is 5.92 Å². The molecule has 0 saturated heterocycles. The average molecular weight is 806 g/mol. The molecule has 0 amide bonds. The van der Waals surface area contributed by atoms with Crippen LogP contribution in [0.1, 0.15) is 57.7 Å². The van der Waals surface area contributed by atoms with Crippen LogP contribution in [0.4, 0.5) is 17.1 Å². The van der Waals surface area contributed by atoms with E-state index >= 15 is 0 Å². The van der Waals surface area contributed by atoms with Gasteiger partial charge in [0.2, 0.25) is 0 Å². The van der Waals surface area contributed by atoms with Crippen molar-refractivity contribution < 1.29 is 0 Å². The van der Waals surface area contributed by atoms with Gasteiger partial charge in [0.25, 0.3) is 0 Å². The Morgan fingerprint density at radius 1 is 0.413 bits per heavy atom. The molecule has 12 rings (SSSR count). The zero-order valence-corrected chi connectivity index (χ0v) is 35.2. The van der Waals surface area contributed by atoms with Crippen molar-refractivity contribution in [3.05, 3.63) is 293 Å². The Bertz CT molecular complexity index is 3010. The van der Waals surface area contributed by atoms with E-state index in [4.69, 9.17) is 0 Å². The molecule has 0 saturated carbocycles. The first-order valence-corrected chi connectivity index (χ1v) is 22.5. The van der Waals surface area contributed by atoms with Crippen molar-refractivity contribution >= 4 is 17.1 Å². The van der Waals surface area contributed by atoms with Gasteiger partial charge in [-0.25, -0.2) is 0 Å². The standard InChI is InChI=1S/C62H47N/c1-5-19-48(20-6-1)61(49-21-7-2-8-22-49)56-29-15-17-31-58(56)62(59-32-18-16-30-57(59)61)55-28-14-13-27-53(55)54-42-39-47(43-60(54)62)46-35-33-44(34-36-46)45-37-40-52(41-38-45)63(50-23-9-3-10-24-50)51-25-11-4-12-26-51/h1,3-7,9-43,53,55H,2,8H2. The lowest BCUT2D eigenvalue weighted by molar-refractivity contribution is 0.430. The SMILES string of the molecule is C1=CC2c3ccc(-c4ccc(-c5ccc(N(c6ccccc6)c6ccccc6)cc5)cc4)cc3C3(c4ccccc4C(C4=CCCC=C4)(c4ccccc4)c4ccccc43)C2C=C1. The van der Waals surface area contributed by atoms with Gasteiger partial charge in [-0.3, -0.25) is 0 Å². The predicted molar refractivity (Wildman–Crippen MR) is 262 cm³/mol. The Labute approximate surface area is 371 Å². The number of para-hydroxylation sites is 2. The van der Waals surface area contributed by atoms with Gasteiger partial charge in [0.05, 0.1) is 10.8 Å². The van der Waals surface area contributed by atoms with Gasteiger partial charge in [0.15, 0.2) is 0 Å². The summed E-state index contributed by atoms with van der Waals surface area (Å²) in [5.41, 5.74) is 18.6. The van der Waals surface area contributed by atoms with Gasteiger partial charge < -0.3 is 4.90 Å². The molecular weight excluding hydrogens is 759 g/mol. The van der Waals surface area contributed by atoms with Gasteiger partial charge in [-0.2, -0.15) is 0 Å². The van der Waals surface area contributed by atoms with E-state index in [-0.39, 0.29) is 11.8 Å². The van der Waals surface area contributed by atoms with Gasteiger partial charge in [0.1, 0.15) is 0 Å². The van der Waals surface area contributed by atoms with Crippen molar-refractivity contribution in [2.75, 3.05) is 4.90 Å². The summed E-state index contributed by atoms with van der Waals surface area (Å²) in [5, 5.41) is 0. The minimum absolute atomic E-state index is 0.227. The summed E-state index contributed by atoms with van der Waals surface area (Å²) in [6.45, 7) is 0. The van der Waals surface area contributed by atoms with E-state index in [2.05, 4.69) is 254 Å².